The Morgan fingerprint density at radius 2 is 2.15 bits per heavy atom. The number of hydrogen-bond acceptors (Lipinski definition) is 7. The molecule has 7 nitrogen and oxygen atoms in total. The van der Waals surface area contributed by atoms with Crippen molar-refractivity contribution in [2.24, 2.45) is 0 Å². The van der Waals surface area contributed by atoms with E-state index < -0.39 is 0 Å². The van der Waals surface area contributed by atoms with Gasteiger partial charge in [-0.15, -0.1) is 0 Å². The summed E-state index contributed by atoms with van der Waals surface area (Å²) < 4.78 is 5.44. The Bertz CT molecular complexity index is 844. The van der Waals surface area contributed by atoms with E-state index in [1.807, 2.05) is 11.0 Å². The first-order chi connectivity index (χ1) is 12.5. The normalized spacial score (nSPS) is 16.2. The molecule has 1 amide bonds. The fraction of sp³-hybridized carbons (Fsp3) is 0.188. The minimum absolute atomic E-state index is 0.336. The third-order valence-corrected chi connectivity index (χ3v) is 5.00. The molecule has 1 atom stereocenters. The van der Waals surface area contributed by atoms with Gasteiger partial charge in [-0.25, -0.2) is 9.97 Å². The second-order valence-electron chi connectivity index (χ2n) is 5.19. The van der Waals surface area contributed by atoms with E-state index in [0.29, 0.717) is 44.7 Å². The Kier molecular flexibility index (Phi) is 5.75. The topological polar surface area (TPSA) is 79.4 Å². The van der Waals surface area contributed by atoms with E-state index in [-0.39, 0.29) is 5.50 Å². The van der Waals surface area contributed by atoms with Crippen LogP contribution in [-0.4, -0.2) is 29.0 Å². The summed E-state index contributed by atoms with van der Waals surface area (Å²) in [5.41, 5.74) is 0.331. The molecule has 0 bridgehead atoms. The number of amides is 1. The molecule has 26 heavy (non-hydrogen) atoms. The number of methoxy groups -OCH3 is 1. The molecule has 0 spiro atoms. The lowest BCUT2D eigenvalue weighted by Crippen LogP contribution is -2.32. The molecule has 0 aliphatic carbocycles. The molecule has 136 valence electrons. The van der Waals surface area contributed by atoms with Crippen molar-refractivity contribution in [1.29, 1.82) is 0 Å². The monoisotopic (exact) mass is 411 g/mol. The Balaban J connectivity index is 1.97. The number of aromatic nitrogens is 2. The number of para-hydroxylation sites is 1. The summed E-state index contributed by atoms with van der Waals surface area (Å²) in [6, 6.07) is 7.01. The van der Waals surface area contributed by atoms with Crippen LogP contribution in [-0.2, 0) is 4.79 Å². The van der Waals surface area contributed by atoms with Gasteiger partial charge in [0.2, 0.25) is 6.41 Å². The zero-order chi connectivity index (χ0) is 18.7. The summed E-state index contributed by atoms with van der Waals surface area (Å²) in [5.74, 6) is 1.70. The van der Waals surface area contributed by atoms with E-state index in [4.69, 9.17) is 27.9 Å². The van der Waals surface area contributed by atoms with Crippen LogP contribution in [0.4, 0.5) is 11.5 Å². The Morgan fingerprint density at radius 3 is 2.85 bits per heavy atom. The average molecular weight is 412 g/mol. The highest BCUT2D eigenvalue weighted by Gasteiger charge is 2.30. The number of thioether (sulfide) groups is 1. The van der Waals surface area contributed by atoms with Crippen LogP contribution in [0.25, 0.3) is 0 Å². The summed E-state index contributed by atoms with van der Waals surface area (Å²) >= 11 is 13.8. The third kappa shape index (κ3) is 3.98. The highest BCUT2D eigenvalue weighted by Crippen LogP contribution is 2.43. The molecule has 0 saturated heterocycles. The SMILES string of the molecule is COc1cccc(Cl)c1N1C=C(NC=O)SC1Nc1cc(Cl)nc(C)n1. The summed E-state index contributed by atoms with van der Waals surface area (Å²) in [7, 11) is 1.57. The van der Waals surface area contributed by atoms with Crippen molar-refractivity contribution >= 4 is 52.9 Å². The van der Waals surface area contributed by atoms with Crippen LogP contribution in [0, 0.1) is 6.92 Å². The standard InChI is InChI=1S/C16H15Cl2N5O2S/c1-9-20-12(18)6-13(21-9)22-16-23(7-14(26-16)19-8-24)15-10(17)4-3-5-11(15)25-2/h3-8,16H,1-2H3,(H,19,24)(H,20,21,22). The van der Waals surface area contributed by atoms with Crippen LogP contribution >= 0.6 is 35.0 Å². The van der Waals surface area contributed by atoms with Crippen LogP contribution in [0.15, 0.2) is 35.5 Å². The first kappa shape index (κ1) is 18.6. The number of ether oxygens (including phenoxy) is 1. The number of anilines is 2. The second-order valence-corrected chi connectivity index (χ2v) is 7.11. The van der Waals surface area contributed by atoms with Gasteiger partial charge in [0, 0.05) is 12.3 Å². The molecule has 1 unspecified atom stereocenters. The van der Waals surface area contributed by atoms with Crippen molar-refractivity contribution in [1.82, 2.24) is 15.3 Å². The lowest BCUT2D eigenvalue weighted by molar-refractivity contribution is -0.108. The van der Waals surface area contributed by atoms with Crippen molar-refractivity contribution in [3.8, 4) is 5.75 Å². The average Bonchev–Trinajstić information content (AvgIpc) is 2.95. The molecule has 0 fully saturated rings. The predicted molar refractivity (Wildman–Crippen MR) is 105 cm³/mol. The molecule has 2 aromatic rings. The van der Waals surface area contributed by atoms with E-state index >= 15 is 0 Å². The summed E-state index contributed by atoms with van der Waals surface area (Å²) in [5, 5.41) is 7.43. The molecular weight excluding hydrogens is 397 g/mol. The van der Waals surface area contributed by atoms with E-state index in [2.05, 4.69) is 20.6 Å². The molecule has 1 aromatic carbocycles. The minimum atomic E-state index is -0.336. The lowest BCUT2D eigenvalue weighted by atomic mass is 10.2. The van der Waals surface area contributed by atoms with Crippen molar-refractivity contribution in [3.63, 3.8) is 0 Å². The zero-order valence-corrected chi connectivity index (χ0v) is 16.2. The van der Waals surface area contributed by atoms with Crippen LogP contribution in [0.5, 0.6) is 5.75 Å². The number of carbonyl (C=O) groups excluding carboxylic acids is 1. The predicted octanol–water partition coefficient (Wildman–Crippen LogP) is 3.59. The number of hydrogen-bond donors (Lipinski definition) is 2. The number of aryl methyl sites for hydroxylation is 1. The number of nitrogens with one attached hydrogen (secondary N) is 2. The largest absolute Gasteiger partial charge is 0.495 e. The molecule has 1 aliphatic rings. The van der Waals surface area contributed by atoms with Gasteiger partial charge in [0.25, 0.3) is 0 Å². The van der Waals surface area contributed by atoms with Crippen LogP contribution in [0.1, 0.15) is 5.82 Å². The Hall–Kier alpha value is -2.16. The summed E-state index contributed by atoms with van der Waals surface area (Å²) in [6.07, 6.45) is 2.39. The first-order valence-electron chi connectivity index (χ1n) is 7.49. The maximum atomic E-state index is 10.9. The number of benzene rings is 1. The fourth-order valence-electron chi connectivity index (χ4n) is 2.45. The third-order valence-electron chi connectivity index (χ3n) is 3.45. The number of rotatable bonds is 6. The molecule has 1 aromatic heterocycles. The van der Waals surface area contributed by atoms with E-state index in [1.54, 1.807) is 38.4 Å². The van der Waals surface area contributed by atoms with E-state index in [1.165, 1.54) is 11.8 Å². The number of carbonyl (C=O) groups is 1. The van der Waals surface area contributed by atoms with Gasteiger partial charge < -0.3 is 20.3 Å². The molecular formula is C16H15Cl2N5O2S. The smallest absolute Gasteiger partial charge is 0.211 e. The van der Waals surface area contributed by atoms with Crippen LogP contribution < -0.4 is 20.3 Å². The summed E-state index contributed by atoms with van der Waals surface area (Å²) in [4.78, 5) is 21.1. The van der Waals surface area contributed by atoms with Gasteiger partial charge in [0.1, 0.15) is 28.2 Å². The van der Waals surface area contributed by atoms with Crippen molar-refractivity contribution in [2.45, 2.75) is 12.4 Å². The molecule has 10 heteroatoms. The Labute approximate surface area is 164 Å². The molecule has 2 heterocycles. The highest BCUT2D eigenvalue weighted by atomic mass is 35.5. The number of nitrogens with zero attached hydrogens (tertiary/aromatic N) is 3. The van der Waals surface area contributed by atoms with Gasteiger partial charge >= 0.3 is 0 Å². The maximum absolute atomic E-state index is 10.9. The zero-order valence-electron chi connectivity index (χ0n) is 13.9. The van der Waals surface area contributed by atoms with Gasteiger partial charge in [-0.05, 0) is 19.1 Å². The first-order valence-corrected chi connectivity index (χ1v) is 9.12. The van der Waals surface area contributed by atoms with Crippen LogP contribution in [0.3, 0.4) is 0 Å². The Morgan fingerprint density at radius 1 is 1.35 bits per heavy atom. The minimum Gasteiger partial charge on any atom is -0.495 e. The van der Waals surface area contributed by atoms with Gasteiger partial charge in [-0.3, -0.25) is 4.79 Å². The van der Waals surface area contributed by atoms with Gasteiger partial charge in [-0.2, -0.15) is 0 Å². The molecule has 3 rings (SSSR count). The van der Waals surface area contributed by atoms with Gasteiger partial charge in [0.05, 0.1) is 17.2 Å². The van der Waals surface area contributed by atoms with E-state index in [0.717, 1.165) is 0 Å². The van der Waals surface area contributed by atoms with E-state index in [9.17, 15) is 4.79 Å². The van der Waals surface area contributed by atoms with Crippen LogP contribution in [0.2, 0.25) is 10.2 Å². The molecule has 2 N–H and O–H groups in total. The molecule has 0 radical (unpaired) electrons. The highest BCUT2D eigenvalue weighted by molar-refractivity contribution is 8.04. The molecule has 1 aliphatic heterocycles. The second kappa shape index (κ2) is 8.03. The number of halogens is 2. The van der Waals surface area contributed by atoms with Crippen molar-refractivity contribution in [3.05, 3.63) is 51.5 Å². The van der Waals surface area contributed by atoms with Crippen molar-refractivity contribution < 1.29 is 9.53 Å². The summed E-state index contributed by atoms with van der Waals surface area (Å²) in [6.45, 7) is 1.76. The maximum Gasteiger partial charge on any atom is 0.211 e. The molecule has 0 saturated carbocycles. The van der Waals surface area contributed by atoms with Gasteiger partial charge in [0.15, 0.2) is 5.50 Å². The lowest BCUT2D eigenvalue weighted by Gasteiger charge is -2.27. The van der Waals surface area contributed by atoms with Gasteiger partial charge in [-0.1, -0.05) is 41.0 Å². The quantitative estimate of drug-likeness (QED) is 0.555. The van der Waals surface area contributed by atoms with Crippen molar-refractivity contribution in [2.75, 3.05) is 17.3 Å². The fourth-order valence-corrected chi connectivity index (χ4v) is 3.93.